The van der Waals surface area contributed by atoms with Gasteiger partial charge in [0, 0.05) is 16.1 Å². The van der Waals surface area contributed by atoms with Gasteiger partial charge < -0.3 is 5.73 Å². The summed E-state index contributed by atoms with van der Waals surface area (Å²) in [6, 6.07) is 11.9. The molecule has 1 aliphatic rings. The van der Waals surface area contributed by atoms with Crippen molar-refractivity contribution in [3.63, 3.8) is 0 Å². The molecule has 0 saturated carbocycles. The first-order valence-electron chi connectivity index (χ1n) is 7.42. The maximum atomic E-state index is 14.3. The van der Waals surface area contributed by atoms with Gasteiger partial charge in [-0.3, -0.25) is 9.56 Å². The first-order chi connectivity index (χ1) is 11.7. The monoisotopic (exact) mass is 341 g/mol. The van der Waals surface area contributed by atoms with E-state index in [4.69, 9.17) is 17.3 Å². The smallest absolute Gasteiger partial charge is 0.159 e. The predicted octanol–water partition coefficient (Wildman–Crippen LogP) is 2.87. The summed E-state index contributed by atoms with van der Waals surface area (Å²) in [7, 11) is 0. The summed E-state index contributed by atoms with van der Waals surface area (Å²) in [5, 5.41) is 8.81. The van der Waals surface area contributed by atoms with Crippen LogP contribution in [0.15, 0.2) is 47.5 Å². The van der Waals surface area contributed by atoms with E-state index in [1.165, 1.54) is 6.07 Å². The van der Waals surface area contributed by atoms with Crippen molar-refractivity contribution in [3.8, 4) is 5.69 Å². The average Bonchev–Trinajstić information content (AvgIpc) is 2.93. The fraction of sp³-hybridized carbons (Fsp3) is 0.118. The molecule has 0 amide bonds. The molecule has 0 saturated heterocycles. The van der Waals surface area contributed by atoms with Crippen LogP contribution in [0.2, 0.25) is 5.02 Å². The van der Waals surface area contributed by atoms with Crippen molar-refractivity contribution in [2.24, 2.45) is 10.7 Å². The Kier molecular flexibility index (Phi) is 3.63. The highest BCUT2D eigenvalue weighted by molar-refractivity contribution is 6.31. The van der Waals surface area contributed by atoms with Gasteiger partial charge in [0.15, 0.2) is 11.6 Å². The summed E-state index contributed by atoms with van der Waals surface area (Å²) in [4.78, 5) is 4.58. The molecular formula is C17H13ClFN5. The summed E-state index contributed by atoms with van der Waals surface area (Å²) < 4.78 is 16.2. The molecule has 0 aliphatic carbocycles. The van der Waals surface area contributed by atoms with Gasteiger partial charge in [0.25, 0.3) is 0 Å². The lowest BCUT2D eigenvalue weighted by Crippen LogP contribution is -2.12. The minimum absolute atomic E-state index is 0.240. The maximum Gasteiger partial charge on any atom is 0.159 e. The number of aromatic nitrogens is 3. The van der Waals surface area contributed by atoms with Crippen molar-refractivity contribution in [1.29, 1.82) is 0 Å². The Bertz CT molecular complexity index is 963. The number of halogens is 2. The van der Waals surface area contributed by atoms with Crippen molar-refractivity contribution >= 4 is 17.3 Å². The van der Waals surface area contributed by atoms with Gasteiger partial charge in [-0.2, -0.15) is 0 Å². The molecule has 2 N–H and O–H groups in total. The number of nitrogens with zero attached hydrogens (tertiary/aromatic N) is 4. The predicted molar refractivity (Wildman–Crippen MR) is 90.0 cm³/mol. The number of hydrogen-bond donors (Lipinski definition) is 1. The van der Waals surface area contributed by atoms with Gasteiger partial charge in [-0.15, -0.1) is 10.2 Å². The number of aliphatic imine (C=N–C) groups is 1. The first-order valence-corrected chi connectivity index (χ1v) is 7.79. The molecular weight excluding hydrogens is 329 g/mol. The van der Waals surface area contributed by atoms with Crippen molar-refractivity contribution in [3.05, 3.63) is 76.1 Å². The molecule has 24 heavy (non-hydrogen) atoms. The van der Waals surface area contributed by atoms with Gasteiger partial charge in [-0.05, 0) is 30.3 Å². The van der Waals surface area contributed by atoms with Crippen LogP contribution in [0.1, 0.15) is 22.8 Å². The number of benzene rings is 2. The molecule has 0 unspecified atom stereocenters. The minimum atomic E-state index is -0.334. The fourth-order valence-electron chi connectivity index (χ4n) is 2.88. The lowest BCUT2D eigenvalue weighted by Gasteiger charge is -2.13. The topological polar surface area (TPSA) is 69.1 Å². The Morgan fingerprint density at radius 3 is 2.75 bits per heavy atom. The Hall–Kier alpha value is -2.57. The zero-order valence-corrected chi connectivity index (χ0v) is 13.3. The highest BCUT2D eigenvalue weighted by Crippen LogP contribution is 2.28. The fourth-order valence-corrected chi connectivity index (χ4v) is 3.05. The van der Waals surface area contributed by atoms with E-state index in [9.17, 15) is 4.39 Å². The van der Waals surface area contributed by atoms with Crippen LogP contribution in [-0.2, 0) is 13.1 Å². The normalized spacial score (nSPS) is 13.0. The Labute approximate surface area is 142 Å². The van der Waals surface area contributed by atoms with Gasteiger partial charge >= 0.3 is 0 Å². The van der Waals surface area contributed by atoms with E-state index in [-0.39, 0.29) is 18.9 Å². The molecule has 4 rings (SSSR count). The molecule has 1 aliphatic heterocycles. The summed E-state index contributed by atoms with van der Waals surface area (Å²) in [5.74, 6) is 0.947. The zero-order chi connectivity index (χ0) is 16.7. The van der Waals surface area contributed by atoms with Crippen molar-refractivity contribution < 1.29 is 4.39 Å². The van der Waals surface area contributed by atoms with E-state index in [2.05, 4.69) is 15.2 Å². The molecule has 0 spiro atoms. The molecule has 2 heterocycles. The largest absolute Gasteiger partial charge is 0.324 e. The van der Waals surface area contributed by atoms with Crippen LogP contribution in [0.4, 0.5) is 4.39 Å². The summed E-state index contributed by atoms with van der Waals surface area (Å²) in [6.45, 7) is 0.521. The molecule has 2 aromatic carbocycles. The number of hydrogen-bond acceptors (Lipinski definition) is 4. The zero-order valence-electron chi connectivity index (χ0n) is 12.6. The van der Waals surface area contributed by atoms with Crippen LogP contribution in [0.3, 0.4) is 0 Å². The third-order valence-electron chi connectivity index (χ3n) is 3.94. The Morgan fingerprint density at radius 1 is 1.12 bits per heavy atom. The van der Waals surface area contributed by atoms with Crippen molar-refractivity contribution in [1.82, 2.24) is 14.8 Å². The van der Waals surface area contributed by atoms with Crippen LogP contribution in [0.5, 0.6) is 0 Å². The molecule has 1 aromatic heterocycles. The third-order valence-corrected chi connectivity index (χ3v) is 4.18. The van der Waals surface area contributed by atoms with E-state index in [0.717, 1.165) is 11.3 Å². The molecule has 3 aromatic rings. The van der Waals surface area contributed by atoms with Crippen LogP contribution >= 0.6 is 11.6 Å². The minimum Gasteiger partial charge on any atom is -0.324 e. The number of rotatable bonds is 2. The third kappa shape index (κ3) is 2.31. The molecule has 0 atom stereocenters. The summed E-state index contributed by atoms with van der Waals surface area (Å²) >= 11 is 6.18. The van der Waals surface area contributed by atoms with E-state index in [0.29, 0.717) is 27.9 Å². The van der Waals surface area contributed by atoms with Gasteiger partial charge in [0.2, 0.25) is 0 Å². The molecule has 0 bridgehead atoms. The SMILES string of the molecule is NCc1nnc2n1-c1ccc(Cl)cc1C(c1ccccc1F)=NC2. The number of nitrogens with two attached hydrogens (primary N) is 1. The van der Waals surface area contributed by atoms with Gasteiger partial charge in [0.05, 0.1) is 17.9 Å². The van der Waals surface area contributed by atoms with E-state index in [1.807, 2.05) is 10.6 Å². The van der Waals surface area contributed by atoms with Gasteiger partial charge in [-0.25, -0.2) is 4.39 Å². The van der Waals surface area contributed by atoms with Gasteiger partial charge in [0.1, 0.15) is 12.4 Å². The van der Waals surface area contributed by atoms with Crippen LogP contribution in [-0.4, -0.2) is 20.5 Å². The summed E-state index contributed by atoms with van der Waals surface area (Å²) in [6.07, 6.45) is 0. The maximum absolute atomic E-state index is 14.3. The average molecular weight is 342 g/mol. The van der Waals surface area contributed by atoms with E-state index < -0.39 is 0 Å². The van der Waals surface area contributed by atoms with Crippen LogP contribution in [0.25, 0.3) is 5.69 Å². The van der Waals surface area contributed by atoms with E-state index in [1.54, 1.807) is 30.3 Å². The molecule has 120 valence electrons. The van der Waals surface area contributed by atoms with Crippen molar-refractivity contribution in [2.75, 3.05) is 0 Å². The van der Waals surface area contributed by atoms with Crippen LogP contribution < -0.4 is 5.73 Å². The van der Waals surface area contributed by atoms with E-state index >= 15 is 0 Å². The Morgan fingerprint density at radius 2 is 1.96 bits per heavy atom. The molecule has 7 heteroatoms. The van der Waals surface area contributed by atoms with Crippen molar-refractivity contribution in [2.45, 2.75) is 13.1 Å². The molecule has 0 radical (unpaired) electrons. The van der Waals surface area contributed by atoms with Gasteiger partial charge in [-0.1, -0.05) is 23.7 Å². The first kappa shape index (κ1) is 15.0. The lowest BCUT2D eigenvalue weighted by atomic mass is 10.00. The second-order valence-electron chi connectivity index (χ2n) is 5.38. The highest BCUT2D eigenvalue weighted by Gasteiger charge is 2.23. The summed E-state index contributed by atoms with van der Waals surface area (Å²) in [5.41, 5.74) is 8.26. The molecule has 0 fully saturated rings. The molecule has 5 nitrogen and oxygen atoms in total. The Balaban J connectivity index is 2.01. The standard InChI is InChI=1S/C17H13ClFN5/c18-10-5-6-14-12(7-10)17(11-3-1-2-4-13(11)19)21-9-16-23-22-15(8-20)24(14)16/h1-7H,8-9,20H2. The second kappa shape index (κ2) is 5.81. The highest BCUT2D eigenvalue weighted by atomic mass is 35.5. The second-order valence-corrected chi connectivity index (χ2v) is 5.81. The number of fused-ring (bicyclic) bond motifs is 3. The quantitative estimate of drug-likeness (QED) is 0.779. The lowest BCUT2D eigenvalue weighted by molar-refractivity contribution is 0.625. The van der Waals surface area contributed by atoms with Crippen LogP contribution in [0, 0.1) is 5.82 Å².